The zero-order valence-corrected chi connectivity index (χ0v) is 12.4. The maximum absolute atomic E-state index is 11.7. The van der Waals surface area contributed by atoms with E-state index in [2.05, 4.69) is 19.1 Å². The van der Waals surface area contributed by atoms with E-state index < -0.39 is 5.38 Å². The van der Waals surface area contributed by atoms with E-state index in [1.165, 1.54) is 5.56 Å². The van der Waals surface area contributed by atoms with Gasteiger partial charge in [0.05, 0.1) is 5.38 Å². The summed E-state index contributed by atoms with van der Waals surface area (Å²) in [5, 5.41) is -0.505. The number of halogens is 1. The Morgan fingerprint density at radius 2 is 1.70 bits per heavy atom. The predicted octanol–water partition coefficient (Wildman–Crippen LogP) is 4.38. The first kappa shape index (κ1) is 14.6. The molecule has 0 saturated heterocycles. The fourth-order valence-electron chi connectivity index (χ4n) is 1.80. The van der Waals surface area contributed by atoms with Gasteiger partial charge in [0.2, 0.25) is 0 Å². The number of ether oxygens (including phenoxy) is 1. The first-order valence-electron chi connectivity index (χ1n) is 6.53. The quantitative estimate of drug-likeness (QED) is 0.603. The minimum Gasteiger partial charge on any atom is -0.489 e. The summed E-state index contributed by atoms with van der Waals surface area (Å²) >= 11 is 5.78. The minimum atomic E-state index is -0.505. The molecular formula is C17H17ClO2. The Hall–Kier alpha value is -1.80. The summed E-state index contributed by atoms with van der Waals surface area (Å²) in [4.78, 5) is 11.7. The summed E-state index contributed by atoms with van der Waals surface area (Å²) < 4.78 is 5.68. The van der Waals surface area contributed by atoms with Crippen molar-refractivity contribution in [3.8, 4) is 5.75 Å². The van der Waals surface area contributed by atoms with E-state index >= 15 is 0 Å². The van der Waals surface area contributed by atoms with Crippen molar-refractivity contribution < 1.29 is 9.53 Å². The Morgan fingerprint density at radius 1 is 1.10 bits per heavy atom. The zero-order chi connectivity index (χ0) is 14.5. The fraction of sp³-hybridized carbons (Fsp3) is 0.235. The highest BCUT2D eigenvalue weighted by Gasteiger charge is 2.11. The average Bonchev–Trinajstić information content (AvgIpc) is 2.46. The summed E-state index contributed by atoms with van der Waals surface area (Å²) in [7, 11) is 0. The van der Waals surface area contributed by atoms with Gasteiger partial charge in [-0.1, -0.05) is 29.8 Å². The molecule has 0 radical (unpaired) electrons. The van der Waals surface area contributed by atoms with E-state index in [1.807, 2.05) is 12.1 Å². The van der Waals surface area contributed by atoms with Gasteiger partial charge in [-0.25, -0.2) is 0 Å². The van der Waals surface area contributed by atoms with Crippen molar-refractivity contribution in [1.82, 2.24) is 0 Å². The highest BCUT2D eigenvalue weighted by molar-refractivity contribution is 6.33. The molecule has 2 aromatic carbocycles. The Bertz CT molecular complexity index is 571. The second-order valence-electron chi connectivity index (χ2n) is 4.78. The molecule has 2 aromatic rings. The van der Waals surface area contributed by atoms with Gasteiger partial charge in [-0.15, -0.1) is 11.6 Å². The van der Waals surface area contributed by atoms with Gasteiger partial charge in [0.1, 0.15) is 12.4 Å². The van der Waals surface area contributed by atoms with Gasteiger partial charge >= 0.3 is 0 Å². The zero-order valence-electron chi connectivity index (χ0n) is 11.6. The van der Waals surface area contributed by atoms with Crippen LogP contribution in [0.4, 0.5) is 0 Å². The number of hydrogen-bond donors (Lipinski definition) is 0. The van der Waals surface area contributed by atoms with Crippen molar-refractivity contribution in [2.45, 2.75) is 25.8 Å². The molecule has 0 amide bonds. The molecule has 2 rings (SSSR count). The van der Waals surface area contributed by atoms with Crippen LogP contribution in [0.5, 0.6) is 5.75 Å². The van der Waals surface area contributed by atoms with Crippen molar-refractivity contribution in [2.75, 3.05) is 0 Å². The van der Waals surface area contributed by atoms with Crippen LogP contribution in [0.2, 0.25) is 0 Å². The van der Waals surface area contributed by atoms with Crippen LogP contribution in [0.1, 0.15) is 28.4 Å². The fourth-order valence-corrected chi connectivity index (χ4v) is 1.92. The smallest absolute Gasteiger partial charge is 0.180 e. The van der Waals surface area contributed by atoms with Crippen LogP contribution in [-0.4, -0.2) is 11.2 Å². The number of benzene rings is 2. The summed E-state index contributed by atoms with van der Waals surface area (Å²) in [6, 6.07) is 15.3. The van der Waals surface area contributed by atoms with Crippen molar-refractivity contribution in [1.29, 1.82) is 0 Å². The van der Waals surface area contributed by atoms with E-state index in [1.54, 1.807) is 31.2 Å². The normalized spacial score (nSPS) is 11.9. The van der Waals surface area contributed by atoms with Gasteiger partial charge in [-0.3, -0.25) is 4.79 Å². The van der Waals surface area contributed by atoms with Crippen molar-refractivity contribution in [3.63, 3.8) is 0 Å². The molecule has 0 N–H and O–H groups in total. The molecule has 0 fully saturated rings. The van der Waals surface area contributed by atoms with Crippen LogP contribution >= 0.6 is 11.6 Å². The van der Waals surface area contributed by atoms with Gasteiger partial charge in [-0.05, 0) is 43.7 Å². The number of aryl methyl sites for hydroxylation is 1. The molecule has 20 heavy (non-hydrogen) atoms. The molecule has 0 aliphatic rings. The lowest BCUT2D eigenvalue weighted by Crippen LogP contribution is -2.10. The number of ketones is 1. The Kier molecular flexibility index (Phi) is 4.80. The molecule has 0 bridgehead atoms. The second-order valence-corrected chi connectivity index (χ2v) is 5.43. The second kappa shape index (κ2) is 6.58. The maximum Gasteiger partial charge on any atom is 0.180 e. The van der Waals surface area contributed by atoms with Crippen molar-refractivity contribution in [3.05, 3.63) is 65.2 Å². The molecule has 2 nitrogen and oxygen atoms in total. The molecule has 0 heterocycles. The van der Waals surface area contributed by atoms with E-state index in [-0.39, 0.29) is 5.78 Å². The number of Topliss-reactive ketones (excluding diaryl/α,β-unsaturated/α-hetero) is 1. The van der Waals surface area contributed by atoms with Crippen LogP contribution < -0.4 is 4.74 Å². The number of alkyl halides is 1. The molecule has 3 heteroatoms. The number of carbonyl (C=O) groups excluding carboxylic acids is 1. The van der Waals surface area contributed by atoms with Crippen molar-refractivity contribution >= 4 is 17.4 Å². The molecule has 1 atom stereocenters. The largest absolute Gasteiger partial charge is 0.489 e. The topological polar surface area (TPSA) is 26.3 Å². The standard InChI is InChI=1S/C17H17ClO2/c1-12-3-5-14(6-4-12)11-20-16-9-7-15(8-10-16)17(19)13(2)18/h3-10,13H,11H2,1-2H3. The van der Waals surface area contributed by atoms with Gasteiger partial charge < -0.3 is 4.74 Å². The maximum atomic E-state index is 11.7. The van der Waals surface area contributed by atoms with Gasteiger partial charge in [0.25, 0.3) is 0 Å². The first-order chi connectivity index (χ1) is 9.56. The third kappa shape index (κ3) is 3.84. The SMILES string of the molecule is Cc1ccc(COc2ccc(C(=O)C(C)Cl)cc2)cc1. The molecule has 0 aromatic heterocycles. The van der Waals surface area contributed by atoms with Crippen LogP contribution in [0.25, 0.3) is 0 Å². The Balaban J connectivity index is 1.97. The van der Waals surface area contributed by atoms with E-state index in [0.29, 0.717) is 12.2 Å². The lowest BCUT2D eigenvalue weighted by Gasteiger charge is -2.08. The molecule has 104 valence electrons. The van der Waals surface area contributed by atoms with E-state index in [9.17, 15) is 4.79 Å². The minimum absolute atomic E-state index is 0.0725. The van der Waals surface area contributed by atoms with Gasteiger partial charge in [0.15, 0.2) is 5.78 Å². The molecule has 0 spiro atoms. The lowest BCUT2D eigenvalue weighted by atomic mass is 10.1. The highest BCUT2D eigenvalue weighted by atomic mass is 35.5. The summed E-state index contributed by atoms with van der Waals surface area (Å²) in [6.07, 6.45) is 0. The molecule has 0 saturated carbocycles. The molecule has 0 aliphatic carbocycles. The van der Waals surface area contributed by atoms with Crippen LogP contribution in [0.3, 0.4) is 0 Å². The highest BCUT2D eigenvalue weighted by Crippen LogP contribution is 2.16. The Morgan fingerprint density at radius 3 is 2.25 bits per heavy atom. The van der Waals surface area contributed by atoms with Crippen LogP contribution in [0, 0.1) is 6.92 Å². The number of rotatable bonds is 5. The van der Waals surface area contributed by atoms with Crippen LogP contribution in [0.15, 0.2) is 48.5 Å². The summed E-state index contributed by atoms with van der Waals surface area (Å²) in [5.41, 5.74) is 2.95. The van der Waals surface area contributed by atoms with Crippen LogP contribution in [-0.2, 0) is 6.61 Å². The summed E-state index contributed by atoms with van der Waals surface area (Å²) in [5.74, 6) is 0.668. The van der Waals surface area contributed by atoms with Crippen molar-refractivity contribution in [2.24, 2.45) is 0 Å². The third-order valence-corrected chi connectivity index (χ3v) is 3.22. The Labute approximate surface area is 124 Å². The molecular weight excluding hydrogens is 272 g/mol. The molecule has 0 aliphatic heterocycles. The third-order valence-electron chi connectivity index (χ3n) is 3.03. The number of hydrogen-bond acceptors (Lipinski definition) is 2. The molecule has 1 unspecified atom stereocenters. The van der Waals surface area contributed by atoms with E-state index in [0.717, 1.165) is 11.3 Å². The van der Waals surface area contributed by atoms with E-state index in [4.69, 9.17) is 16.3 Å². The monoisotopic (exact) mass is 288 g/mol. The number of carbonyl (C=O) groups is 1. The lowest BCUT2D eigenvalue weighted by molar-refractivity contribution is 0.0991. The predicted molar refractivity (Wildman–Crippen MR) is 81.6 cm³/mol. The van der Waals surface area contributed by atoms with Gasteiger partial charge in [-0.2, -0.15) is 0 Å². The summed E-state index contributed by atoms with van der Waals surface area (Å²) in [6.45, 7) is 4.24. The first-order valence-corrected chi connectivity index (χ1v) is 6.96. The van der Waals surface area contributed by atoms with Gasteiger partial charge in [0, 0.05) is 5.56 Å². The average molecular weight is 289 g/mol.